The smallest absolute Gasteiger partial charge is 0.237 e. The van der Waals surface area contributed by atoms with Crippen molar-refractivity contribution in [2.24, 2.45) is 0 Å². The van der Waals surface area contributed by atoms with E-state index in [1.54, 1.807) is 0 Å². The number of hydrogen-bond acceptors (Lipinski definition) is 5. The number of ether oxygens (including phenoxy) is 1. The number of hydrogen-bond donors (Lipinski definition) is 1. The fraction of sp³-hybridized carbons (Fsp3) is 0.500. The summed E-state index contributed by atoms with van der Waals surface area (Å²) in [6.07, 6.45) is 4.80. The predicted molar refractivity (Wildman–Crippen MR) is 77.3 cm³/mol. The van der Waals surface area contributed by atoms with Crippen LogP contribution in [-0.2, 0) is 0 Å². The summed E-state index contributed by atoms with van der Waals surface area (Å²) in [7, 11) is 0. The second-order valence-corrected chi connectivity index (χ2v) is 5.75. The molecule has 0 bridgehead atoms. The highest BCUT2D eigenvalue weighted by Crippen LogP contribution is 2.37. The SMILES string of the molecule is c1ccc2c(c1)OCC2c1nc(C2CCCCCN2)no1. The number of nitrogens with zero attached hydrogens (tertiary/aromatic N) is 2. The molecule has 110 valence electrons. The first-order chi connectivity index (χ1) is 10.4. The Kier molecular flexibility index (Phi) is 3.35. The average molecular weight is 285 g/mol. The van der Waals surface area contributed by atoms with Crippen LogP contribution in [0, 0.1) is 0 Å². The molecule has 2 aliphatic rings. The Labute approximate surface area is 123 Å². The van der Waals surface area contributed by atoms with Crippen LogP contribution in [0.3, 0.4) is 0 Å². The van der Waals surface area contributed by atoms with Crippen molar-refractivity contribution in [3.63, 3.8) is 0 Å². The molecule has 0 saturated carbocycles. The van der Waals surface area contributed by atoms with E-state index >= 15 is 0 Å². The van der Waals surface area contributed by atoms with E-state index in [0.717, 1.165) is 30.1 Å². The minimum Gasteiger partial charge on any atom is -0.492 e. The molecule has 1 aromatic carbocycles. The van der Waals surface area contributed by atoms with Gasteiger partial charge in [0.25, 0.3) is 0 Å². The Morgan fingerprint density at radius 3 is 3.10 bits per heavy atom. The second-order valence-electron chi connectivity index (χ2n) is 5.75. The molecule has 3 heterocycles. The lowest BCUT2D eigenvalue weighted by molar-refractivity contribution is 0.303. The van der Waals surface area contributed by atoms with E-state index in [-0.39, 0.29) is 12.0 Å². The molecule has 0 spiro atoms. The van der Waals surface area contributed by atoms with E-state index < -0.39 is 0 Å². The molecular formula is C16H19N3O2. The number of para-hydroxylation sites is 1. The topological polar surface area (TPSA) is 60.2 Å². The molecule has 2 aromatic rings. The molecule has 21 heavy (non-hydrogen) atoms. The average Bonchev–Trinajstić information content (AvgIpc) is 3.07. The molecule has 2 unspecified atom stereocenters. The summed E-state index contributed by atoms with van der Waals surface area (Å²) < 4.78 is 11.2. The third-order valence-electron chi connectivity index (χ3n) is 4.33. The summed E-state index contributed by atoms with van der Waals surface area (Å²) in [5.74, 6) is 2.44. The summed E-state index contributed by atoms with van der Waals surface area (Å²) in [5.41, 5.74) is 1.14. The molecular weight excluding hydrogens is 266 g/mol. The van der Waals surface area contributed by atoms with Crippen LogP contribution in [0.4, 0.5) is 0 Å². The quantitative estimate of drug-likeness (QED) is 0.919. The Bertz CT molecular complexity index is 617. The van der Waals surface area contributed by atoms with Crippen molar-refractivity contribution in [3.05, 3.63) is 41.5 Å². The minimum atomic E-state index is 0.0632. The molecule has 0 aliphatic carbocycles. The van der Waals surface area contributed by atoms with Crippen molar-refractivity contribution >= 4 is 0 Å². The van der Waals surface area contributed by atoms with E-state index in [9.17, 15) is 0 Å². The standard InChI is InChI=1S/C16H19N3O2/c1-2-7-13(17-9-5-1)15-18-16(21-19-15)12-10-20-14-8-4-3-6-11(12)14/h3-4,6,8,12-13,17H,1-2,5,7,9-10H2. The van der Waals surface area contributed by atoms with Gasteiger partial charge >= 0.3 is 0 Å². The van der Waals surface area contributed by atoms with Crippen molar-refractivity contribution in [3.8, 4) is 5.75 Å². The van der Waals surface area contributed by atoms with Gasteiger partial charge in [-0.3, -0.25) is 0 Å². The Balaban J connectivity index is 1.57. The van der Waals surface area contributed by atoms with Gasteiger partial charge in [-0.15, -0.1) is 0 Å². The molecule has 2 atom stereocenters. The van der Waals surface area contributed by atoms with Crippen LogP contribution < -0.4 is 10.1 Å². The maximum atomic E-state index is 5.70. The maximum Gasteiger partial charge on any atom is 0.237 e. The lowest BCUT2D eigenvalue weighted by Crippen LogP contribution is -2.21. The van der Waals surface area contributed by atoms with Gasteiger partial charge in [-0.2, -0.15) is 4.98 Å². The molecule has 0 amide bonds. The first-order valence-corrected chi connectivity index (χ1v) is 7.70. The zero-order valence-electron chi connectivity index (χ0n) is 11.9. The third kappa shape index (κ3) is 2.42. The molecule has 1 N–H and O–H groups in total. The van der Waals surface area contributed by atoms with Gasteiger partial charge in [0.15, 0.2) is 5.82 Å². The molecule has 1 fully saturated rings. The van der Waals surface area contributed by atoms with E-state index in [1.807, 2.05) is 18.2 Å². The summed E-state index contributed by atoms with van der Waals surface area (Å²) in [4.78, 5) is 4.64. The summed E-state index contributed by atoms with van der Waals surface area (Å²) in [6, 6.07) is 8.28. The highest BCUT2D eigenvalue weighted by Gasteiger charge is 2.31. The lowest BCUT2D eigenvalue weighted by Gasteiger charge is -2.10. The van der Waals surface area contributed by atoms with Crippen LogP contribution in [0.5, 0.6) is 5.75 Å². The fourth-order valence-electron chi connectivity index (χ4n) is 3.15. The minimum absolute atomic E-state index is 0.0632. The molecule has 5 heteroatoms. The van der Waals surface area contributed by atoms with Gasteiger partial charge in [0, 0.05) is 5.56 Å². The Morgan fingerprint density at radius 1 is 1.14 bits per heavy atom. The van der Waals surface area contributed by atoms with Crippen LogP contribution in [0.15, 0.2) is 28.8 Å². The highest BCUT2D eigenvalue weighted by molar-refractivity contribution is 5.42. The Morgan fingerprint density at radius 2 is 2.10 bits per heavy atom. The molecule has 1 saturated heterocycles. The van der Waals surface area contributed by atoms with Gasteiger partial charge in [-0.25, -0.2) is 0 Å². The third-order valence-corrected chi connectivity index (χ3v) is 4.33. The van der Waals surface area contributed by atoms with Gasteiger partial charge in [0.2, 0.25) is 5.89 Å². The maximum absolute atomic E-state index is 5.70. The first kappa shape index (κ1) is 12.8. The molecule has 2 aliphatic heterocycles. The number of fused-ring (bicyclic) bond motifs is 1. The normalized spacial score (nSPS) is 25.1. The molecule has 0 radical (unpaired) electrons. The van der Waals surface area contributed by atoms with Crippen LogP contribution >= 0.6 is 0 Å². The summed E-state index contributed by atoms with van der Waals surface area (Å²) >= 11 is 0. The fourth-order valence-corrected chi connectivity index (χ4v) is 3.15. The molecule has 1 aromatic heterocycles. The monoisotopic (exact) mass is 285 g/mol. The van der Waals surface area contributed by atoms with Gasteiger partial charge < -0.3 is 14.6 Å². The van der Waals surface area contributed by atoms with E-state index in [1.165, 1.54) is 19.3 Å². The van der Waals surface area contributed by atoms with Gasteiger partial charge in [0.1, 0.15) is 18.3 Å². The lowest BCUT2D eigenvalue weighted by atomic mass is 10.0. The Hall–Kier alpha value is -1.88. The largest absolute Gasteiger partial charge is 0.492 e. The van der Waals surface area contributed by atoms with Crippen molar-refractivity contribution in [1.82, 2.24) is 15.5 Å². The second kappa shape index (κ2) is 5.48. The van der Waals surface area contributed by atoms with Crippen molar-refractivity contribution in [1.29, 1.82) is 0 Å². The predicted octanol–water partition coefficient (Wildman–Crippen LogP) is 2.80. The van der Waals surface area contributed by atoms with Crippen molar-refractivity contribution < 1.29 is 9.26 Å². The van der Waals surface area contributed by atoms with Gasteiger partial charge in [-0.1, -0.05) is 36.2 Å². The van der Waals surface area contributed by atoms with Crippen LogP contribution in [0.2, 0.25) is 0 Å². The number of benzene rings is 1. The number of aromatic nitrogens is 2. The summed E-state index contributed by atoms with van der Waals surface area (Å²) in [6.45, 7) is 1.61. The van der Waals surface area contributed by atoms with Crippen LogP contribution in [-0.4, -0.2) is 23.3 Å². The van der Waals surface area contributed by atoms with Gasteiger partial charge in [0.05, 0.1) is 6.04 Å². The van der Waals surface area contributed by atoms with E-state index in [4.69, 9.17) is 9.26 Å². The number of rotatable bonds is 2. The molecule has 4 rings (SSSR count). The van der Waals surface area contributed by atoms with Crippen LogP contribution in [0.25, 0.3) is 0 Å². The van der Waals surface area contributed by atoms with Crippen LogP contribution in [0.1, 0.15) is 54.9 Å². The van der Waals surface area contributed by atoms with Crippen molar-refractivity contribution in [2.75, 3.05) is 13.2 Å². The van der Waals surface area contributed by atoms with Gasteiger partial charge in [-0.05, 0) is 25.5 Å². The van der Waals surface area contributed by atoms with Crippen molar-refractivity contribution in [2.45, 2.75) is 37.6 Å². The first-order valence-electron chi connectivity index (χ1n) is 7.70. The number of nitrogens with one attached hydrogen (secondary N) is 1. The zero-order chi connectivity index (χ0) is 14.1. The highest BCUT2D eigenvalue weighted by atomic mass is 16.5. The molecule has 5 nitrogen and oxygen atoms in total. The summed E-state index contributed by atoms with van der Waals surface area (Å²) in [5, 5.41) is 7.70. The van der Waals surface area contributed by atoms with E-state index in [2.05, 4.69) is 21.5 Å². The zero-order valence-corrected chi connectivity index (χ0v) is 11.9. The van der Waals surface area contributed by atoms with E-state index in [0.29, 0.717) is 12.5 Å².